The molecule has 1 aliphatic heterocycles. The van der Waals surface area contributed by atoms with Gasteiger partial charge in [-0.25, -0.2) is 4.98 Å². The third kappa shape index (κ3) is 3.93. The number of unbranched alkanes of at least 4 members (excludes halogenated alkanes) is 1. The maximum Gasteiger partial charge on any atom is 0.186 e. The largest absolute Gasteiger partial charge is 0.347 e. The topological polar surface area (TPSA) is 28.2 Å². The maximum atomic E-state index is 4.54. The van der Waals surface area contributed by atoms with Crippen LogP contribution in [0.25, 0.3) is 0 Å². The van der Waals surface area contributed by atoms with Crippen molar-refractivity contribution in [3.05, 3.63) is 9.98 Å². The van der Waals surface area contributed by atoms with Crippen molar-refractivity contribution in [2.75, 3.05) is 24.5 Å². The lowest BCUT2D eigenvalue weighted by Gasteiger charge is -2.25. The fraction of sp³-hybridized carbons (Fsp3) is 0.750. The second-order valence-electron chi connectivity index (χ2n) is 4.55. The lowest BCUT2D eigenvalue weighted by Crippen LogP contribution is -2.38. The van der Waals surface area contributed by atoms with E-state index >= 15 is 0 Å². The van der Waals surface area contributed by atoms with Gasteiger partial charge in [-0.3, -0.25) is 0 Å². The average Bonchev–Trinajstić information content (AvgIpc) is 2.95. The van der Waals surface area contributed by atoms with E-state index in [9.17, 15) is 0 Å². The summed E-state index contributed by atoms with van der Waals surface area (Å²) >= 11 is 5.17. The molecule has 0 aliphatic carbocycles. The number of hydrogen-bond acceptors (Lipinski definition) is 4. The van der Waals surface area contributed by atoms with Crippen LogP contribution in [0.5, 0.6) is 0 Å². The summed E-state index contributed by atoms with van der Waals surface area (Å²) in [5.74, 6) is 0. The number of nitrogens with zero attached hydrogens (tertiary/aromatic N) is 2. The summed E-state index contributed by atoms with van der Waals surface area (Å²) in [4.78, 5) is 6.97. The van der Waals surface area contributed by atoms with Crippen LogP contribution >= 0.6 is 27.3 Å². The van der Waals surface area contributed by atoms with Crippen LogP contribution in [-0.2, 0) is 0 Å². The zero-order valence-corrected chi connectivity index (χ0v) is 12.7. The third-order valence-electron chi connectivity index (χ3n) is 3.12. The van der Waals surface area contributed by atoms with Crippen LogP contribution in [0.4, 0.5) is 5.13 Å². The van der Waals surface area contributed by atoms with Gasteiger partial charge in [0.15, 0.2) is 5.13 Å². The van der Waals surface area contributed by atoms with Crippen LogP contribution in [0.1, 0.15) is 32.6 Å². The zero-order valence-electron chi connectivity index (χ0n) is 10.3. The van der Waals surface area contributed by atoms with E-state index in [2.05, 4.69) is 43.4 Å². The van der Waals surface area contributed by atoms with Gasteiger partial charge in [0.1, 0.15) is 4.60 Å². The maximum absolute atomic E-state index is 4.54. The van der Waals surface area contributed by atoms with Gasteiger partial charge < -0.3 is 10.2 Å². The molecule has 2 heterocycles. The van der Waals surface area contributed by atoms with Gasteiger partial charge in [0.2, 0.25) is 0 Å². The van der Waals surface area contributed by atoms with Crippen molar-refractivity contribution in [1.29, 1.82) is 0 Å². The van der Waals surface area contributed by atoms with Crippen LogP contribution < -0.4 is 10.2 Å². The predicted molar refractivity (Wildman–Crippen MR) is 78.0 cm³/mol. The number of hydrogen-bond donors (Lipinski definition) is 1. The first-order valence-corrected chi connectivity index (χ1v) is 8.06. The molecule has 0 amide bonds. The number of rotatable bonds is 6. The molecule has 1 aromatic rings. The first-order chi connectivity index (χ1) is 8.29. The molecule has 1 saturated heterocycles. The van der Waals surface area contributed by atoms with E-state index in [1.54, 1.807) is 11.3 Å². The van der Waals surface area contributed by atoms with Gasteiger partial charge in [-0.05, 0) is 41.7 Å². The van der Waals surface area contributed by atoms with E-state index in [0.717, 1.165) is 22.8 Å². The fourth-order valence-electron chi connectivity index (χ4n) is 2.18. The second kappa shape index (κ2) is 6.71. The molecule has 17 heavy (non-hydrogen) atoms. The molecule has 1 atom stereocenters. The van der Waals surface area contributed by atoms with Crippen LogP contribution in [0.2, 0.25) is 0 Å². The van der Waals surface area contributed by atoms with Crippen molar-refractivity contribution in [1.82, 2.24) is 10.3 Å². The number of nitrogens with one attached hydrogen (secondary N) is 1. The monoisotopic (exact) mass is 317 g/mol. The first-order valence-electron chi connectivity index (χ1n) is 6.39. The minimum absolute atomic E-state index is 0.648. The Morgan fingerprint density at radius 2 is 2.53 bits per heavy atom. The quantitative estimate of drug-likeness (QED) is 0.872. The molecule has 3 nitrogen and oxygen atoms in total. The predicted octanol–water partition coefficient (Wildman–Crippen LogP) is 3.26. The molecule has 5 heteroatoms. The number of halogens is 1. The molecule has 1 N–H and O–H groups in total. The molecule has 1 unspecified atom stereocenters. The van der Waals surface area contributed by atoms with E-state index in [1.807, 2.05) is 0 Å². The Kier molecular flexibility index (Phi) is 5.25. The summed E-state index contributed by atoms with van der Waals surface area (Å²) < 4.78 is 0.957. The molecule has 0 bridgehead atoms. The van der Waals surface area contributed by atoms with Gasteiger partial charge in [-0.15, -0.1) is 11.3 Å². The van der Waals surface area contributed by atoms with Gasteiger partial charge in [-0.2, -0.15) is 0 Å². The van der Waals surface area contributed by atoms with E-state index in [-0.39, 0.29) is 0 Å². The zero-order chi connectivity index (χ0) is 12.1. The van der Waals surface area contributed by atoms with Crippen LogP contribution in [0.3, 0.4) is 0 Å². The van der Waals surface area contributed by atoms with E-state index in [1.165, 1.54) is 32.2 Å². The normalized spacial score (nSPS) is 19.8. The Morgan fingerprint density at radius 1 is 1.65 bits per heavy atom. The molecule has 1 aromatic heterocycles. The molecular weight excluding hydrogens is 298 g/mol. The van der Waals surface area contributed by atoms with Gasteiger partial charge in [0.05, 0.1) is 0 Å². The van der Waals surface area contributed by atoms with Crippen molar-refractivity contribution >= 4 is 32.4 Å². The lowest BCUT2D eigenvalue weighted by atomic mass is 10.2. The molecule has 0 aromatic carbocycles. The highest BCUT2D eigenvalue weighted by Crippen LogP contribution is 2.24. The average molecular weight is 318 g/mol. The van der Waals surface area contributed by atoms with E-state index in [0.29, 0.717) is 6.04 Å². The molecule has 2 rings (SSSR count). The fourth-order valence-corrected chi connectivity index (χ4v) is 3.47. The highest BCUT2D eigenvalue weighted by molar-refractivity contribution is 9.10. The summed E-state index contributed by atoms with van der Waals surface area (Å²) in [5, 5.41) is 6.78. The summed E-state index contributed by atoms with van der Waals surface area (Å²) in [6.07, 6.45) is 5.09. The van der Waals surface area contributed by atoms with Crippen molar-refractivity contribution in [3.8, 4) is 0 Å². The Hall–Kier alpha value is -0.130. The summed E-state index contributed by atoms with van der Waals surface area (Å²) in [7, 11) is 0. The number of thiazole rings is 1. The molecular formula is C12H20BrN3S. The second-order valence-corrected chi connectivity index (χ2v) is 6.19. The van der Waals surface area contributed by atoms with Gasteiger partial charge >= 0.3 is 0 Å². The SMILES string of the molecule is CCCCN(CC1CCCN1)c1nc(Br)cs1. The minimum Gasteiger partial charge on any atom is -0.347 e. The summed E-state index contributed by atoms with van der Waals surface area (Å²) in [6, 6.07) is 0.648. The summed E-state index contributed by atoms with van der Waals surface area (Å²) in [5.41, 5.74) is 0. The smallest absolute Gasteiger partial charge is 0.186 e. The molecule has 1 aliphatic rings. The van der Waals surface area contributed by atoms with Crippen molar-refractivity contribution < 1.29 is 0 Å². The van der Waals surface area contributed by atoms with Crippen molar-refractivity contribution in [3.63, 3.8) is 0 Å². The molecule has 1 fully saturated rings. The van der Waals surface area contributed by atoms with E-state index < -0.39 is 0 Å². The highest BCUT2D eigenvalue weighted by Gasteiger charge is 2.19. The Morgan fingerprint density at radius 3 is 3.12 bits per heavy atom. The van der Waals surface area contributed by atoms with Gasteiger partial charge in [-0.1, -0.05) is 13.3 Å². The molecule has 0 radical (unpaired) electrons. The van der Waals surface area contributed by atoms with Crippen molar-refractivity contribution in [2.24, 2.45) is 0 Å². The Bertz CT molecular complexity index is 336. The molecule has 96 valence electrons. The van der Waals surface area contributed by atoms with Crippen molar-refractivity contribution in [2.45, 2.75) is 38.6 Å². The van der Waals surface area contributed by atoms with E-state index in [4.69, 9.17) is 0 Å². The van der Waals surface area contributed by atoms with Crippen LogP contribution in [0, 0.1) is 0 Å². The molecule has 0 spiro atoms. The van der Waals surface area contributed by atoms with Gasteiger partial charge in [0.25, 0.3) is 0 Å². The minimum atomic E-state index is 0.648. The van der Waals surface area contributed by atoms with Crippen LogP contribution in [-0.4, -0.2) is 30.7 Å². The number of anilines is 1. The Balaban J connectivity index is 1.96. The van der Waals surface area contributed by atoms with Gasteiger partial charge in [0, 0.05) is 24.5 Å². The number of aromatic nitrogens is 1. The molecule has 0 saturated carbocycles. The third-order valence-corrected chi connectivity index (χ3v) is 4.73. The summed E-state index contributed by atoms with van der Waals surface area (Å²) in [6.45, 7) is 5.63. The standard InChI is InChI=1S/C12H20BrN3S/c1-2-3-7-16(8-10-5-4-6-14-10)12-15-11(13)9-17-12/h9-10,14H,2-8H2,1H3. The first kappa shape index (κ1) is 13.3. The van der Waals surface area contributed by atoms with Crippen LogP contribution in [0.15, 0.2) is 9.98 Å². The lowest BCUT2D eigenvalue weighted by molar-refractivity contribution is 0.571. The Labute approximate surface area is 116 Å². The highest BCUT2D eigenvalue weighted by atomic mass is 79.9.